The average Bonchev–Trinajstić information content (AvgIpc) is 3.09. The lowest BCUT2D eigenvalue weighted by atomic mass is 10.1. The number of halogens is 2. The molecule has 0 aromatic heterocycles. The summed E-state index contributed by atoms with van der Waals surface area (Å²) in [5, 5.41) is 0. The number of carbonyl (C=O) groups is 1. The van der Waals surface area contributed by atoms with Crippen LogP contribution in [0, 0.1) is 5.82 Å². The van der Waals surface area contributed by atoms with Gasteiger partial charge in [0.2, 0.25) is 6.79 Å². The minimum absolute atomic E-state index is 0. The number of carbonyl (C=O) groups excluding carboxylic acids is 1. The molecule has 0 unspecified atom stereocenters. The lowest BCUT2D eigenvalue weighted by Gasteiger charge is -2.36. The lowest BCUT2D eigenvalue weighted by molar-refractivity contribution is 0.0746. The molecule has 0 spiro atoms. The van der Waals surface area contributed by atoms with E-state index in [4.69, 9.17) is 9.47 Å². The van der Waals surface area contributed by atoms with Gasteiger partial charge in [0.05, 0.1) is 0 Å². The number of piperazine rings is 1. The highest BCUT2D eigenvalue weighted by molar-refractivity contribution is 5.95. The first kappa shape index (κ1) is 17.4. The Morgan fingerprint density at radius 1 is 0.920 bits per heavy atom. The van der Waals surface area contributed by atoms with E-state index in [-0.39, 0.29) is 30.9 Å². The maximum atomic E-state index is 13.0. The Bertz CT molecular complexity index is 761. The van der Waals surface area contributed by atoms with E-state index in [0.29, 0.717) is 30.2 Å². The van der Waals surface area contributed by atoms with Crippen LogP contribution >= 0.6 is 12.4 Å². The van der Waals surface area contributed by atoms with Gasteiger partial charge in [0.1, 0.15) is 5.82 Å². The molecule has 132 valence electrons. The van der Waals surface area contributed by atoms with Crippen molar-refractivity contribution in [2.75, 3.05) is 37.9 Å². The van der Waals surface area contributed by atoms with Crippen LogP contribution < -0.4 is 14.4 Å². The molecule has 25 heavy (non-hydrogen) atoms. The maximum Gasteiger partial charge on any atom is 0.254 e. The zero-order valence-electron chi connectivity index (χ0n) is 13.5. The standard InChI is InChI=1S/C18H17FN2O3.ClH/c19-14-2-4-15(5-3-14)20-7-9-21(10-8-20)18(22)13-1-6-16-17(11-13)24-12-23-16;/h1-6,11H,7-10,12H2;1H. The van der Waals surface area contributed by atoms with Crippen LogP contribution in [0.5, 0.6) is 11.5 Å². The molecule has 1 amide bonds. The number of fused-ring (bicyclic) bond motifs is 1. The topological polar surface area (TPSA) is 42.0 Å². The number of hydrogen-bond acceptors (Lipinski definition) is 4. The van der Waals surface area contributed by atoms with Crippen LogP contribution in [0.3, 0.4) is 0 Å². The van der Waals surface area contributed by atoms with Crippen LogP contribution in [0.1, 0.15) is 10.4 Å². The first-order valence-electron chi connectivity index (χ1n) is 7.90. The van der Waals surface area contributed by atoms with Gasteiger partial charge in [-0.1, -0.05) is 0 Å². The van der Waals surface area contributed by atoms with Crippen molar-refractivity contribution >= 4 is 24.0 Å². The predicted octanol–water partition coefficient (Wildman–Crippen LogP) is 2.94. The van der Waals surface area contributed by atoms with Crippen LogP contribution in [-0.2, 0) is 0 Å². The van der Waals surface area contributed by atoms with Crippen LogP contribution in [0.4, 0.5) is 10.1 Å². The number of rotatable bonds is 2. The van der Waals surface area contributed by atoms with Crippen molar-refractivity contribution in [1.29, 1.82) is 0 Å². The van der Waals surface area contributed by atoms with E-state index in [1.165, 1.54) is 12.1 Å². The second kappa shape index (κ2) is 7.19. The fourth-order valence-corrected chi connectivity index (χ4v) is 3.03. The lowest BCUT2D eigenvalue weighted by Crippen LogP contribution is -2.48. The van der Waals surface area contributed by atoms with Crippen molar-refractivity contribution in [1.82, 2.24) is 4.90 Å². The van der Waals surface area contributed by atoms with Gasteiger partial charge in [-0.25, -0.2) is 4.39 Å². The van der Waals surface area contributed by atoms with Gasteiger partial charge in [0, 0.05) is 37.4 Å². The molecule has 1 fully saturated rings. The summed E-state index contributed by atoms with van der Waals surface area (Å²) in [5.74, 6) is 1.04. The highest BCUT2D eigenvalue weighted by Gasteiger charge is 2.24. The molecule has 2 aromatic rings. The van der Waals surface area contributed by atoms with E-state index in [1.54, 1.807) is 30.3 Å². The van der Waals surface area contributed by atoms with E-state index < -0.39 is 0 Å². The third-order valence-corrected chi connectivity index (χ3v) is 4.38. The summed E-state index contributed by atoms with van der Waals surface area (Å²) >= 11 is 0. The van der Waals surface area contributed by atoms with E-state index in [2.05, 4.69) is 4.90 Å². The third kappa shape index (κ3) is 3.49. The largest absolute Gasteiger partial charge is 0.454 e. The second-order valence-electron chi connectivity index (χ2n) is 5.82. The minimum atomic E-state index is -0.240. The van der Waals surface area contributed by atoms with Gasteiger partial charge < -0.3 is 19.3 Å². The molecule has 2 aromatic carbocycles. The van der Waals surface area contributed by atoms with Gasteiger partial charge in [-0.3, -0.25) is 4.79 Å². The van der Waals surface area contributed by atoms with E-state index in [1.807, 2.05) is 4.90 Å². The van der Waals surface area contributed by atoms with Crippen molar-refractivity contribution in [3.63, 3.8) is 0 Å². The van der Waals surface area contributed by atoms with E-state index >= 15 is 0 Å². The Kier molecular flexibility index (Phi) is 4.99. The molecule has 4 rings (SSSR count). The highest BCUT2D eigenvalue weighted by atomic mass is 35.5. The maximum absolute atomic E-state index is 13.0. The molecule has 2 heterocycles. The van der Waals surface area contributed by atoms with Gasteiger partial charge in [-0.05, 0) is 42.5 Å². The molecule has 0 bridgehead atoms. The molecule has 7 heteroatoms. The molecular weight excluding hydrogens is 347 g/mol. The number of amides is 1. The first-order valence-corrected chi connectivity index (χ1v) is 7.90. The average molecular weight is 365 g/mol. The Hall–Kier alpha value is -2.47. The van der Waals surface area contributed by atoms with E-state index in [9.17, 15) is 9.18 Å². The molecular formula is C18H18ClFN2O3. The molecule has 5 nitrogen and oxygen atoms in total. The summed E-state index contributed by atoms with van der Waals surface area (Å²) in [6.45, 7) is 2.91. The van der Waals surface area contributed by atoms with Crippen molar-refractivity contribution in [2.45, 2.75) is 0 Å². The van der Waals surface area contributed by atoms with Gasteiger partial charge in [-0.15, -0.1) is 12.4 Å². The Labute approximate surface area is 151 Å². The van der Waals surface area contributed by atoms with Gasteiger partial charge in [-0.2, -0.15) is 0 Å². The third-order valence-electron chi connectivity index (χ3n) is 4.38. The predicted molar refractivity (Wildman–Crippen MR) is 94.3 cm³/mol. The number of nitrogens with zero attached hydrogens (tertiary/aromatic N) is 2. The van der Waals surface area contributed by atoms with Crippen molar-refractivity contribution < 1.29 is 18.7 Å². The highest BCUT2D eigenvalue weighted by Crippen LogP contribution is 2.33. The van der Waals surface area contributed by atoms with Crippen molar-refractivity contribution in [2.24, 2.45) is 0 Å². The quantitative estimate of drug-likeness (QED) is 0.821. The van der Waals surface area contributed by atoms with Gasteiger partial charge in [0.15, 0.2) is 11.5 Å². The SMILES string of the molecule is Cl.O=C(c1ccc2c(c1)OCO2)N1CCN(c2ccc(F)cc2)CC1. The summed E-state index contributed by atoms with van der Waals surface area (Å²) in [5.41, 5.74) is 1.58. The minimum Gasteiger partial charge on any atom is -0.454 e. The van der Waals surface area contributed by atoms with Gasteiger partial charge in [0.25, 0.3) is 5.91 Å². The number of hydrogen-bond donors (Lipinski definition) is 0. The first-order chi connectivity index (χ1) is 11.7. The molecule has 1 saturated heterocycles. The van der Waals surface area contributed by atoms with Crippen LogP contribution in [0.2, 0.25) is 0 Å². The van der Waals surface area contributed by atoms with Crippen molar-refractivity contribution in [3.05, 3.63) is 53.8 Å². The molecule has 0 atom stereocenters. The van der Waals surface area contributed by atoms with Crippen molar-refractivity contribution in [3.8, 4) is 11.5 Å². The van der Waals surface area contributed by atoms with Crippen LogP contribution in [0.25, 0.3) is 0 Å². The van der Waals surface area contributed by atoms with Crippen LogP contribution in [-0.4, -0.2) is 43.8 Å². The summed E-state index contributed by atoms with van der Waals surface area (Å²) in [6, 6.07) is 11.7. The molecule has 2 aliphatic rings. The monoisotopic (exact) mass is 364 g/mol. The summed E-state index contributed by atoms with van der Waals surface area (Å²) in [6.07, 6.45) is 0. The normalized spacial score (nSPS) is 15.7. The summed E-state index contributed by atoms with van der Waals surface area (Å²) in [7, 11) is 0. The Morgan fingerprint density at radius 3 is 2.32 bits per heavy atom. The smallest absolute Gasteiger partial charge is 0.254 e. The number of anilines is 1. The Morgan fingerprint density at radius 2 is 1.60 bits per heavy atom. The molecule has 0 aliphatic carbocycles. The summed E-state index contributed by atoms with van der Waals surface area (Å²) in [4.78, 5) is 16.6. The number of ether oxygens (including phenoxy) is 2. The zero-order chi connectivity index (χ0) is 16.5. The fraction of sp³-hybridized carbons (Fsp3) is 0.278. The molecule has 0 N–H and O–H groups in total. The fourth-order valence-electron chi connectivity index (χ4n) is 3.03. The van der Waals surface area contributed by atoms with Crippen LogP contribution in [0.15, 0.2) is 42.5 Å². The van der Waals surface area contributed by atoms with E-state index in [0.717, 1.165) is 18.8 Å². The summed E-state index contributed by atoms with van der Waals surface area (Å²) < 4.78 is 23.6. The van der Waals surface area contributed by atoms with Gasteiger partial charge >= 0.3 is 0 Å². The molecule has 2 aliphatic heterocycles. The second-order valence-corrected chi connectivity index (χ2v) is 5.82. The molecule has 0 saturated carbocycles. The number of benzene rings is 2. The Balaban J connectivity index is 0.00000182. The zero-order valence-corrected chi connectivity index (χ0v) is 14.3. The molecule has 0 radical (unpaired) electrons.